The first-order valence-corrected chi connectivity index (χ1v) is 9.88. The van der Waals surface area contributed by atoms with E-state index in [-0.39, 0.29) is 17.9 Å². The Kier molecular flexibility index (Phi) is 6.84. The summed E-state index contributed by atoms with van der Waals surface area (Å²) in [5, 5.41) is 4.04. The maximum Gasteiger partial charge on any atom is 0.320 e. The van der Waals surface area contributed by atoms with Gasteiger partial charge in [-0.2, -0.15) is 4.98 Å². The van der Waals surface area contributed by atoms with Gasteiger partial charge in [0.1, 0.15) is 17.6 Å². The van der Waals surface area contributed by atoms with Gasteiger partial charge in [0.15, 0.2) is 5.82 Å². The molecule has 0 N–H and O–H groups in total. The van der Waals surface area contributed by atoms with Crippen molar-refractivity contribution in [1.29, 1.82) is 0 Å². The second-order valence-electron chi connectivity index (χ2n) is 6.76. The molecule has 8 heteroatoms. The Labute approximate surface area is 164 Å². The molecule has 0 aliphatic carbocycles. The Bertz CT molecular complexity index is 761. The summed E-state index contributed by atoms with van der Waals surface area (Å²) in [4.78, 5) is 21.0. The van der Waals surface area contributed by atoms with Crippen molar-refractivity contribution in [2.45, 2.75) is 45.6 Å². The largest absolute Gasteiger partial charge is 0.493 e. The molecule has 2 heterocycles. The number of likely N-dealkylation sites (tertiary alicyclic amines) is 1. The van der Waals surface area contributed by atoms with E-state index in [4.69, 9.17) is 9.26 Å². The number of ether oxygens (including phenoxy) is 1. The lowest BCUT2D eigenvalue weighted by Gasteiger charge is -2.36. The van der Waals surface area contributed by atoms with Crippen LogP contribution in [0.5, 0.6) is 5.75 Å². The number of rotatable bonds is 7. The van der Waals surface area contributed by atoms with Crippen LogP contribution < -0.4 is 4.74 Å². The zero-order valence-corrected chi connectivity index (χ0v) is 16.4. The van der Waals surface area contributed by atoms with Gasteiger partial charge in [0, 0.05) is 26.1 Å². The SMILES string of the molecule is CCN(CC)C(=O)N1CCCCC1c1nc(CCOc2ccc(F)cc2)no1. The summed E-state index contributed by atoms with van der Waals surface area (Å²) in [6.45, 7) is 6.37. The van der Waals surface area contributed by atoms with E-state index in [1.54, 1.807) is 12.1 Å². The maximum atomic E-state index is 12.9. The quantitative estimate of drug-likeness (QED) is 0.719. The second kappa shape index (κ2) is 9.52. The van der Waals surface area contributed by atoms with E-state index in [1.165, 1.54) is 12.1 Å². The minimum absolute atomic E-state index is 0.0223. The van der Waals surface area contributed by atoms with Gasteiger partial charge < -0.3 is 19.1 Å². The van der Waals surface area contributed by atoms with Crippen LogP contribution in [0.15, 0.2) is 28.8 Å². The Balaban J connectivity index is 1.60. The monoisotopic (exact) mass is 390 g/mol. The average molecular weight is 390 g/mol. The minimum atomic E-state index is -0.300. The van der Waals surface area contributed by atoms with Crippen molar-refractivity contribution in [3.05, 3.63) is 41.8 Å². The third-order valence-electron chi connectivity index (χ3n) is 4.96. The number of urea groups is 1. The number of amides is 2. The Morgan fingerprint density at radius 1 is 1.29 bits per heavy atom. The molecular weight excluding hydrogens is 363 g/mol. The molecule has 1 aromatic heterocycles. The summed E-state index contributed by atoms with van der Waals surface area (Å²) in [5.74, 6) is 1.31. The number of hydrogen-bond donors (Lipinski definition) is 0. The molecule has 3 rings (SSSR count). The van der Waals surface area contributed by atoms with Crippen LogP contribution in [0.25, 0.3) is 0 Å². The number of carbonyl (C=O) groups is 1. The summed E-state index contributed by atoms with van der Waals surface area (Å²) in [5.41, 5.74) is 0. The van der Waals surface area contributed by atoms with Gasteiger partial charge in [0.05, 0.1) is 6.61 Å². The molecule has 1 saturated heterocycles. The summed E-state index contributed by atoms with van der Waals surface area (Å²) in [7, 11) is 0. The van der Waals surface area contributed by atoms with Gasteiger partial charge in [-0.15, -0.1) is 0 Å². The molecule has 0 saturated carbocycles. The molecule has 0 bridgehead atoms. The number of aromatic nitrogens is 2. The Hall–Kier alpha value is -2.64. The van der Waals surface area contributed by atoms with Crippen molar-refractivity contribution in [1.82, 2.24) is 19.9 Å². The molecule has 1 aromatic carbocycles. The zero-order chi connectivity index (χ0) is 19.9. The zero-order valence-electron chi connectivity index (χ0n) is 16.4. The number of halogens is 1. The molecule has 0 radical (unpaired) electrons. The van der Waals surface area contributed by atoms with E-state index in [9.17, 15) is 9.18 Å². The van der Waals surface area contributed by atoms with E-state index in [1.807, 2.05) is 23.6 Å². The van der Waals surface area contributed by atoms with E-state index < -0.39 is 0 Å². The third kappa shape index (κ3) is 4.79. The van der Waals surface area contributed by atoms with Gasteiger partial charge in [-0.05, 0) is 57.4 Å². The maximum absolute atomic E-state index is 12.9. The highest BCUT2D eigenvalue weighted by Gasteiger charge is 2.33. The van der Waals surface area contributed by atoms with Crippen molar-refractivity contribution in [3.63, 3.8) is 0 Å². The molecule has 2 amide bonds. The number of piperidine rings is 1. The van der Waals surface area contributed by atoms with Crippen molar-refractivity contribution in [2.24, 2.45) is 0 Å². The van der Waals surface area contributed by atoms with Crippen LogP contribution in [0.1, 0.15) is 50.9 Å². The molecule has 7 nitrogen and oxygen atoms in total. The van der Waals surface area contributed by atoms with Gasteiger partial charge >= 0.3 is 6.03 Å². The molecule has 0 spiro atoms. The summed E-state index contributed by atoms with van der Waals surface area (Å²) < 4.78 is 24.0. The first kappa shape index (κ1) is 20.1. The van der Waals surface area contributed by atoms with E-state index in [0.717, 1.165) is 19.3 Å². The average Bonchev–Trinajstić information content (AvgIpc) is 3.19. The first-order valence-electron chi connectivity index (χ1n) is 9.88. The van der Waals surface area contributed by atoms with Crippen LogP contribution in [0.2, 0.25) is 0 Å². The number of carbonyl (C=O) groups excluding carboxylic acids is 1. The van der Waals surface area contributed by atoms with Gasteiger partial charge in [0.25, 0.3) is 0 Å². The van der Waals surface area contributed by atoms with Crippen molar-refractivity contribution < 1.29 is 18.4 Å². The first-order chi connectivity index (χ1) is 13.6. The highest BCUT2D eigenvalue weighted by Crippen LogP contribution is 2.30. The predicted molar refractivity (Wildman–Crippen MR) is 102 cm³/mol. The van der Waals surface area contributed by atoms with Crippen molar-refractivity contribution >= 4 is 6.03 Å². The topological polar surface area (TPSA) is 71.7 Å². The highest BCUT2D eigenvalue weighted by molar-refractivity contribution is 5.75. The normalized spacial score (nSPS) is 16.8. The Morgan fingerprint density at radius 3 is 2.75 bits per heavy atom. The number of hydrogen-bond acceptors (Lipinski definition) is 5. The number of nitrogens with zero attached hydrogens (tertiary/aromatic N) is 4. The van der Waals surface area contributed by atoms with Crippen LogP contribution >= 0.6 is 0 Å². The van der Waals surface area contributed by atoms with E-state index >= 15 is 0 Å². The summed E-state index contributed by atoms with van der Waals surface area (Å²) >= 11 is 0. The van der Waals surface area contributed by atoms with Crippen molar-refractivity contribution in [3.8, 4) is 5.75 Å². The predicted octanol–water partition coefficient (Wildman–Crippen LogP) is 3.82. The fourth-order valence-corrected chi connectivity index (χ4v) is 3.39. The minimum Gasteiger partial charge on any atom is -0.493 e. The van der Waals surface area contributed by atoms with Gasteiger partial charge in [-0.3, -0.25) is 0 Å². The molecule has 28 heavy (non-hydrogen) atoms. The second-order valence-corrected chi connectivity index (χ2v) is 6.76. The van der Waals surface area contributed by atoms with Crippen LogP contribution in [0.3, 0.4) is 0 Å². The molecule has 1 atom stereocenters. The molecular formula is C20H27FN4O3. The van der Waals surface area contributed by atoms with Crippen LogP contribution in [0.4, 0.5) is 9.18 Å². The molecule has 1 fully saturated rings. The molecule has 1 unspecified atom stereocenters. The number of benzene rings is 1. The van der Waals surface area contributed by atoms with Gasteiger partial charge in [-0.25, -0.2) is 9.18 Å². The molecule has 2 aromatic rings. The lowest BCUT2D eigenvalue weighted by atomic mass is 10.0. The van der Waals surface area contributed by atoms with Crippen molar-refractivity contribution in [2.75, 3.05) is 26.2 Å². The molecule has 152 valence electrons. The third-order valence-corrected chi connectivity index (χ3v) is 4.96. The molecule has 1 aliphatic heterocycles. The van der Waals surface area contributed by atoms with Crippen LogP contribution in [-0.4, -0.2) is 52.2 Å². The van der Waals surface area contributed by atoms with Crippen LogP contribution in [-0.2, 0) is 6.42 Å². The van der Waals surface area contributed by atoms with E-state index in [2.05, 4.69) is 10.1 Å². The molecule has 1 aliphatic rings. The highest BCUT2D eigenvalue weighted by atomic mass is 19.1. The Morgan fingerprint density at radius 2 is 2.04 bits per heavy atom. The van der Waals surface area contributed by atoms with Crippen LogP contribution in [0, 0.1) is 5.82 Å². The fourth-order valence-electron chi connectivity index (χ4n) is 3.39. The lowest BCUT2D eigenvalue weighted by Crippen LogP contribution is -2.46. The smallest absolute Gasteiger partial charge is 0.320 e. The summed E-state index contributed by atoms with van der Waals surface area (Å²) in [6, 6.07) is 5.71. The fraction of sp³-hybridized carbons (Fsp3) is 0.550. The van der Waals surface area contributed by atoms with Gasteiger partial charge in [-0.1, -0.05) is 5.16 Å². The lowest BCUT2D eigenvalue weighted by molar-refractivity contribution is 0.104. The van der Waals surface area contributed by atoms with E-state index in [0.29, 0.717) is 50.1 Å². The summed E-state index contributed by atoms with van der Waals surface area (Å²) in [6.07, 6.45) is 3.30. The standard InChI is InChI=1S/C20H27FN4O3/c1-3-24(4-2)20(26)25-13-6-5-7-17(25)19-22-18(23-28-19)12-14-27-16-10-8-15(21)9-11-16/h8-11,17H,3-7,12-14H2,1-2H3. The van der Waals surface area contributed by atoms with Gasteiger partial charge in [0.2, 0.25) is 5.89 Å².